The number of rotatable bonds is 3. The third-order valence-electron chi connectivity index (χ3n) is 2.91. The molecular formula is C12H16BrIN2OS. The summed E-state index contributed by atoms with van der Waals surface area (Å²) in [5.41, 5.74) is 5.65. The van der Waals surface area contributed by atoms with Crippen molar-refractivity contribution in [1.82, 2.24) is 4.90 Å². The van der Waals surface area contributed by atoms with Gasteiger partial charge < -0.3 is 10.6 Å². The van der Waals surface area contributed by atoms with Crippen molar-refractivity contribution < 1.29 is 4.79 Å². The number of amides is 1. The predicted molar refractivity (Wildman–Crippen MR) is 90.3 cm³/mol. The van der Waals surface area contributed by atoms with Gasteiger partial charge in [-0.1, -0.05) is 0 Å². The molecule has 1 amide bonds. The largest absolute Gasteiger partial charge is 0.335 e. The highest BCUT2D eigenvalue weighted by molar-refractivity contribution is 14.0. The van der Waals surface area contributed by atoms with E-state index in [-0.39, 0.29) is 35.9 Å². The first-order chi connectivity index (χ1) is 8.20. The Hall–Kier alpha value is 0.0800. The lowest BCUT2D eigenvalue weighted by atomic mass is 10.2. The lowest BCUT2D eigenvalue weighted by molar-refractivity contribution is -0.126. The van der Waals surface area contributed by atoms with E-state index in [9.17, 15) is 4.79 Å². The smallest absolute Gasteiger partial charge is 0.246 e. The number of nitrogens with zero attached hydrogens (tertiary/aromatic N) is 1. The lowest BCUT2D eigenvalue weighted by Gasteiger charge is -2.21. The minimum atomic E-state index is 0. The van der Waals surface area contributed by atoms with E-state index in [1.165, 1.54) is 0 Å². The molecule has 0 bridgehead atoms. The Balaban J connectivity index is 0.00000162. The van der Waals surface area contributed by atoms with Crippen molar-refractivity contribution >= 4 is 63.2 Å². The zero-order valence-corrected chi connectivity index (χ0v) is 14.6. The summed E-state index contributed by atoms with van der Waals surface area (Å²) in [4.78, 5) is 14.9. The van der Waals surface area contributed by atoms with Gasteiger partial charge in [-0.2, -0.15) is 0 Å². The average molecular weight is 443 g/mol. The molecule has 1 aromatic heterocycles. The molecule has 100 valence electrons. The third-order valence-corrected chi connectivity index (χ3v) is 4.57. The molecule has 6 heteroatoms. The van der Waals surface area contributed by atoms with Crippen molar-refractivity contribution in [3.05, 3.63) is 26.9 Å². The Morgan fingerprint density at radius 3 is 3.06 bits per heavy atom. The molecule has 1 saturated heterocycles. The number of hydrogen-bond acceptors (Lipinski definition) is 3. The fourth-order valence-corrected chi connectivity index (χ4v) is 3.37. The fourth-order valence-electron chi connectivity index (χ4n) is 2.04. The number of carbonyl (C=O) groups is 1. The molecule has 1 fully saturated rings. The zero-order chi connectivity index (χ0) is 12.3. The van der Waals surface area contributed by atoms with Crippen LogP contribution in [0.4, 0.5) is 0 Å². The Kier molecular flexibility index (Phi) is 6.83. The number of thiophene rings is 1. The first-order valence-corrected chi connectivity index (χ1v) is 7.31. The minimum Gasteiger partial charge on any atom is -0.335 e. The molecule has 18 heavy (non-hydrogen) atoms. The highest BCUT2D eigenvalue weighted by atomic mass is 127. The predicted octanol–water partition coefficient (Wildman–Crippen LogP) is 3.09. The molecule has 0 aliphatic carbocycles. The van der Waals surface area contributed by atoms with Crippen molar-refractivity contribution in [2.75, 3.05) is 13.1 Å². The van der Waals surface area contributed by atoms with Crippen LogP contribution in [0.1, 0.15) is 17.7 Å². The summed E-state index contributed by atoms with van der Waals surface area (Å²) in [6.45, 7) is 1.39. The van der Waals surface area contributed by atoms with Gasteiger partial charge in [-0.25, -0.2) is 0 Å². The van der Waals surface area contributed by atoms with E-state index in [0.717, 1.165) is 28.7 Å². The van der Waals surface area contributed by atoms with Gasteiger partial charge >= 0.3 is 0 Å². The first kappa shape index (κ1) is 16.1. The zero-order valence-electron chi connectivity index (χ0n) is 9.84. The topological polar surface area (TPSA) is 46.3 Å². The summed E-state index contributed by atoms with van der Waals surface area (Å²) >= 11 is 5.00. The van der Waals surface area contributed by atoms with Crippen LogP contribution >= 0.6 is 51.2 Å². The summed E-state index contributed by atoms with van der Waals surface area (Å²) in [7, 11) is 0. The van der Waals surface area contributed by atoms with Gasteiger partial charge in [0.1, 0.15) is 0 Å². The molecule has 2 N–H and O–H groups in total. The molecule has 0 aromatic carbocycles. The maximum Gasteiger partial charge on any atom is 0.246 e. The van der Waals surface area contributed by atoms with E-state index in [0.29, 0.717) is 6.54 Å². The second kappa shape index (κ2) is 7.62. The van der Waals surface area contributed by atoms with Crippen LogP contribution in [-0.2, 0) is 4.79 Å². The Morgan fingerprint density at radius 2 is 2.44 bits per heavy atom. The van der Waals surface area contributed by atoms with Crippen LogP contribution in [0.15, 0.2) is 22.0 Å². The minimum absolute atomic E-state index is 0. The van der Waals surface area contributed by atoms with Gasteiger partial charge in [0.15, 0.2) is 0 Å². The van der Waals surface area contributed by atoms with Crippen LogP contribution in [0.2, 0.25) is 0 Å². The summed E-state index contributed by atoms with van der Waals surface area (Å²) in [5, 5.41) is 2.00. The standard InChI is InChI=1S/C12H15BrN2OS.HI/c13-9-6-11(17-8-9)3-4-12(16)15-5-1-2-10(15)7-14;/h3-4,6,8,10H,1-2,5,7,14H2;1H/b4-3+;. The Labute approximate surface area is 137 Å². The van der Waals surface area contributed by atoms with Crippen LogP contribution < -0.4 is 5.73 Å². The number of carbonyl (C=O) groups excluding carboxylic acids is 1. The molecule has 1 aliphatic heterocycles. The van der Waals surface area contributed by atoms with Crippen LogP contribution in [0, 0.1) is 0 Å². The number of nitrogens with two attached hydrogens (primary N) is 1. The first-order valence-electron chi connectivity index (χ1n) is 5.63. The molecule has 0 radical (unpaired) electrons. The number of likely N-dealkylation sites (tertiary alicyclic amines) is 1. The van der Waals surface area contributed by atoms with Gasteiger partial charge in [0, 0.05) is 39.9 Å². The van der Waals surface area contributed by atoms with Crippen molar-refractivity contribution in [3.8, 4) is 0 Å². The van der Waals surface area contributed by atoms with Crippen molar-refractivity contribution in [3.63, 3.8) is 0 Å². The summed E-state index contributed by atoms with van der Waals surface area (Å²) in [6.07, 6.45) is 5.60. The molecule has 2 heterocycles. The average Bonchev–Trinajstić information content (AvgIpc) is 2.94. The normalized spacial score (nSPS) is 19.2. The Bertz CT molecular complexity index is 435. The van der Waals surface area contributed by atoms with E-state index >= 15 is 0 Å². The molecule has 1 unspecified atom stereocenters. The van der Waals surface area contributed by atoms with Crippen molar-refractivity contribution in [2.45, 2.75) is 18.9 Å². The molecular weight excluding hydrogens is 427 g/mol. The SMILES string of the molecule is I.NCC1CCCN1C(=O)/C=C/c1cc(Br)cs1. The lowest BCUT2D eigenvalue weighted by Crippen LogP contribution is -2.38. The second-order valence-corrected chi connectivity index (χ2v) is 5.92. The quantitative estimate of drug-likeness (QED) is 0.577. The van der Waals surface area contributed by atoms with E-state index in [1.54, 1.807) is 17.4 Å². The second-order valence-electron chi connectivity index (χ2n) is 4.06. The van der Waals surface area contributed by atoms with Crippen molar-refractivity contribution in [2.24, 2.45) is 5.73 Å². The number of halogens is 2. The highest BCUT2D eigenvalue weighted by Gasteiger charge is 2.25. The summed E-state index contributed by atoms with van der Waals surface area (Å²) in [6, 6.07) is 2.22. The van der Waals surface area contributed by atoms with Gasteiger partial charge in [0.25, 0.3) is 0 Å². The Morgan fingerprint density at radius 1 is 1.67 bits per heavy atom. The number of hydrogen-bond donors (Lipinski definition) is 1. The van der Waals surface area contributed by atoms with E-state index < -0.39 is 0 Å². The van der Waals surface area contributed by atoms with Gasteiger partial charge in [0.05, 0.1) is 0 Å². The highest BCUT2D eigenvalue weighted by Crippen LogP contribution is 2.21. The van der Waals surface area contributed by atoms with E-state index in [2.05, 4.69) is 15.9 Å². The van der Waals surface area contributed by atoms with Crippen LogP contribution in [0.5, 0.6) is 0 Å². The van der Waals surface area contributed by atoms with Crippen molar-refractivity contribution in [1.29, 1.82) is 0 Å². The molecule has 3 nitrogen and oxygen atoms in total. The maximum atomic E-state index is 12.0. The van der Waals surface area contributed by atoms with Crippen LogP contribution in [0.25, 0.3) is 6.08 Å². The van der Waals surface area contributed by atoms with Crippen LogP contribution in [0.3, 0.4) is 0 Å². The molecule has 1 aliphatic rings. The molecule has 1 aromatic rings. The summed E-state index contributed by atoms with van der Waals surface area (Å²) < 4.78 is 1.05. The molecule has 2 rings (SSSR count). The fraction of sp³-hybridized carbons (Fsp3) is 0.417. The van der Waals surface area contributed by atoms with Gasteiger partial charge in [-0.3, -0.25) is 4.79 Å². The monoisotopic (exact) mass is 442 g/mol. The van der Waals surface area contributed by atoms with Gasteiger partial charge in [0.2, 0.25) is 5.91 Å². The van der Waals surface area contributed by atoms with E-state index in [1.807, 2.05) is 22.4 Å². The third kappa shape index (κ3) is 4.04. The molecule has 1 atom stereocenters. The molecule has 0 saturated carbocycles. The maximum absolute atomic E-state index is 12.0. The van der Waals surface area contributed by atoms with Crippen LogP contribution in [-0.4, -0.2) is 29.9 Å². The van der Waals surface area contributed by atoms with Gasteiger partial charge in [-0.15, -0.1) is 35.3 Å². The van der Waals surface area contributed by atoms with Gasteiger partial charge in [-0.05, 0) is 40.9 Å². The van der Waals surface area contributed by atoms with E-state index in [4.69, 9.17) is 5.73 Å². The summed E-state index contributed by atoms with van der Waals surface area (Å²) in [5.74, 6) is 0.0717. The molecule has 0 spiro atoms.